The summed E-state index contributed by atoms with van der Waals surface area (Å²) in [6, 6.07) is 4.74. The number of hydrogen-bond donors (Lipinski definition) is 3. The number of aliphatic hydroxyl groups is 1. The molecule has 4 fully saturated rings. The molecule has 3 N–H and O–H groups in total. The van der Waals surface area contributed by atoms with Crippen molar-refractivity contribution in [3.8, 4) is 11.3 Å². The van der Waals surface area contributed by atoms with Crippen LogP contribution in [0, 0.1) is 23.5 Å². The maximum absolute atomic E-state index is 15.6. The van der Waals surface area contributed by atoms with Crippen LogP contribution in [-0.2, 0) is 10.2 Å². The summed E-state index contributed by atoms with van der Waals surface area (Å²) in [4.78, 5) is 33.0. The molecular weight excluding hydrogens is 736 g/mol. The highest BCUT2D eigenvalue weighted by atomic mass is 35.5. The second-order valence-corrected chi connectivity index (χ2v) is 17.9. The van der Waals surface area contributed by atoms with Gasteiger partial charge in [0.2, 0.25) is 5.91 Å². The van der Waals surface area contributed by atoms with Crippen molar-refractivity contribution < 1.29 is 27.5 Å². The van der Waals surface area contributed by atoms with Crippen molar-refractivity contribution in [1.82, 2.24) is 29.7 Å². The second kappa shape index (κ2) is 12.6. The van der Waals surface area contributed by atoms with E-state index in [9.17, 15) is 18.7 Å². The number of imidazole rings is 1. The Bertz CT molecular complexity index is 2240. The summed E-state index contributed by atoms with van der Waals surface area (Å²) >= 11 is 6.14. The SMILES string of the molecule is CC(C)n1cnc2cc(-c3cnc4c(c3)N([C@H]3C[C@@](C)(N5CCC6CC6C5)C3)C(=O)C4(C)C)nc(Nc3cc(C(O)NC4(C(F)F)CC4)c(Cl)c(F)c3F)c21. The molecule has 10 nitrogen and oxygen atoms in total. The van der Waals surface area contributed by atoms with Crippen LogP contribution < -0.4 is 15.5 Å². The Morgan fingerprint density at radius 2 is 1.78 bits per heavy atom. The minimum atomic E-state index is -2.77. The zero-order valence-corrected chi connectivity index (χ0v) is 32.2. The topological polar surface area (TPSA) is 111 Å². The van der Waals surface area contributed by atoms with E-state index in [0.29, 0.717) is 28.0 Å². The Labute approximate surface area is 321 Å². The van der Waals surface area contributed by atoms with Gasteiger partial charge in [-0.2, -0.15) is 0 Å². The van der Waals surface area contributed by atoms with E-state index in [1.807, 2.05) is 43.2 Å². The first-order valence-electron chi connectivity index (χ1n) is 19.2. The molecule has 3 aliphatic carbocycles. The van der Waals surface area contributed by atoms with Crippen LogP contribution in [0.3, 0.4) is 0 Å². The molecule has 0 spiro atoms. The number of nitrogens with one attached hydrogen (secondary N) is 2. The largest absolute Gasteiger partial charge is 0.374 e. The molecule has 3 saturated carbocycles. The summed E-state index contributed by atoms with van der Waals surface area (Å²) in [6.07, 6.45) is 3.29. The number of carbonyl (C=O) groups excluding carboxylic acids is 1. The van der Waals surface area contributed by atoms with Gasteiger partial charge in [0.15, 0.2) is 17.5 Å². The Morgan fingerprint density at radius 1 is 1.04 bits per heavy atom. The van der Waals surface area contributed by atoms with Gasteiger partial charge in [-0.25, -0.2) is 27.5 Å². The lowest BCUT2D eigenvalue weighted by molar-refractivity contribution is -0.124. The predicted molar refractivity (Wildman–Crippen MR) is 202 cm³/mol. The summed E-state index contributed by atoms with van der Waals surface area (Å²) in [5.74, 6) is -0.943. The third-order valence-corrected chi connectivity index (χ3v) is 13.4. The molecule has 1 saturated heterocycles. The van der Waals surface area contributed by atoms with Gasteiger partial charge in [-0.3, -0.25) is 20.0 Å². The molecule has 15 heteroatoms. The summed E-state index contributed by atoms with van der Waals surface area (Å²) in [7, 11) is 0. The molecular formula is C40H45ClF4N8O2. The number of piperidine rings is 1. The summed E-state index contributed by atoms with van der Waals surface area (Å²) in [5, 5.41) is 15.5. The number of pyridine rings is 2. The highest BCUT2D eigenvalue weighted by Crippen LogP contribution is 2.53. The minimum Gasteiger partial charge on any atom is -0.374 e. The van der Waals surface area contributed by atoms with Gasteiger partial charge in [0, 0.05) is 41.5 Å². The van der Waals surface area contributed by atoms with Crippen LogP contribution in [0.1, 0.15) is 96.7 Å². The molecule has 5 heterocycles. The molecule has 3 unspecified atom stereocenters. The monoisotopic (exact) mass is 780 g/mol. The number of benzene rings is 1. The third-order valence-electron chi connectivity index (χ3n) is 13.0. The molecule has 1 aromatic carbocycles. The number of carbonyl (C=O) groups is 1. The van der Waals surface area contributed by atoms with E-state index in [-0.39, 0.29) is 47.8 Å². The van der Waals surface area contributed by atoms with E-state index in [2.05, 4.69) is 27.4 Å². The van der Waals surface area contributed by atoms with Gasteiger partial charge >= 0.3 is 0 Å². The van der Waals surface area contributed by atoms with Crippen molar-refractivity contribution in [2.45, 2.75) is 114 Å². The molecule has 1 amide bonds. The van der Waals surface area contributed by atoms with E-state index in [4.69, 9.17) is 21.6 Å². The fourth-order valence-electron chi connectivity index (χ4n) is 9.24. The molecule has 3 atom stereocenters. The van der Waals surface area contributed by atoms with Crippen LogP contribution >= 0.6 is 11.6 Å². The van der Waals surface area contributed by atoms with Gasteiger partial charge in [-0.1, -0.05) is 11.6 Å². The maximum Gasteiger partial charge on any atom is 0.256 e. The second-order valence-electron chi connectivity index (χ2n) is 17.5. The van der Waals surface area contributed by atoms with E-state index in [1.165, 1.54) is 12.8 Å². The first kappa shape index (κ1) is 36.8. The number of hydrogen-bond acceptors (Lipinski definition) is 8. The van der Waals surface area contributed by atoms with Gasteiger partial charge in [0.1, 0.15) is 11.7 Å². The number of alkyl halides is 2. The highest BCUT2D eigenvalue weighted by Gasteiger charge is 2.57. The van der Waals surface area contributed by atoms with Crippen molar-refractivity contribution in [3.05, 3.63) is 58.6 Å². The van der Waals surface area contributed by atoms with Crippen LogP contribution in [0.4, 0.5) is 34.8 Å². The lowest BCUT2D eigenvalue weighted by atomic mass is 9.71. The molecule has 0 radical (unpaired) electrons. The maximum atomic E-state index is 15.6. The van der Waals surface area contributed by atoms with Crippen molar-refractivity contribution in [2.24, 2.45) is 11.8 Å². The van der Waals surface area contributed by atoms with Gasteiger partial charge < -0.3 is 19.9 Å². The number of nitrogens with zero attached hydrogens (tertiary/aromatic N) is 6. The van der Waals surface area contributed by atoms with Crippen molar-refractivity contribution in [1.29, 1.82) is 0 Å². The number of rotatable bonds is 10. The average molecular weight is 781 g/mol. The van der Waals surface area contributed by atoms with Crippen molar-refractivity contribution >= 4 is 45.7 Å². The van der Waals surface area contributed by atoms with Crippen LogP contribution in [0.5, 0.6) is 0 Å². The lowest BCUT2D eigenvalue weighted by Crippen LogP contribution is -2.64. The summed E-state index contributed by atoms with van der Waals surface area (Å²) in [5.41, 5.74) is 0.329. The van der Waals surface area contributed by atoms with Crippen LogP contribution in [0.25, 0.3) is 22.3 Å². The van der Waals surface area contributed by atoms with Gasteiger partial charge in [-0.05, 0) is 110 Å². The fraction of sp³-hybridized carbons (Fsp3) is 0.550. The number of amides is 1. The minimum absolute atomic E-state index is 0.00965. The van der Waals surface area contributed by atoms with Crippen LogP contribution in [-0.4, -0.2) is 72.1 Å². The number of likely N-dealkylation sites (tertiary alicyclic amines) is 1. The zero-order chi connectivity index (χ0) is 38.9. The molecule has 9 rings (SSSR count). The van der Waals surface area contributed by atoms with Crippen LogP contribution in [0.15, 0.2) is 30.7 Å². The molecule has 4 aromatic rings. The van der Waals surface area contributed by atoms with Gasteiger partial charge in [0.05, 0.1) is 50.6 Å². The van der Waals surface area contributed by atoms with Crippen molar-refractivity contribution in [2.75, 3.05) is 23.3 Å². The first-order chi connectivity index (χ1) is 26.0. The van der Waals surface area contributed by atoms with Crippen molar-refractivity contribution in [3.63, 3.8) is 0 Å². The first-order valence-corrected chi connectivity index (χ1v) is 19.5. The average Bonchev–Trinajstić information content (AvgIpc) is 4.04. The van der Waals surface area contributed by atoms with E-state index in [0.717, 1.165) is 49.5 Å². The Morgan fingerprint density at radius 3 is 2.45 bits per heavy atom. The predicted octanol–water partition coefficient (Wildman–Crippen LogP) is 8.01. The normalized spacial score (nSPS) is 27.0. The summed E-state index contributed by atoms with van der Waals surface area (Å²) < 4.78 is 60.2. The van der Waals surface area contributed by atoms with Crippen LogP contribution in [0.2, 0.25) is 5.02 Å². The number of aliphatic hydroxyl groups excluding tert-OH is 1. The fourth-order valence-corrected chi connectivity index (χ4v) is 9.48. The number of aromatic nitrogens is 4. The Balaban J connectivity index is 1.07. The van der Waals surface area contributed by atoms with Gasteiger partial charge in [0.25, 0.3) is 6.43 Å². The zero-order valence-electron chi connectivity index (χ0n) is 31.4. The highest BCUT2D eigenvalue weighted by molar-refractivity contribution is 6.31. The third kappa shape index (κ3) is 5.84. The van der Waals surface area contributed by atoms with E-state index in [1.54, 1.807) is 18.6 Å². The number of halogens is 5. The Hall–Kier alpha value is -3.85. The molecule has 2 aliphatic heterocycles. The molecule has 3 aromatic heterocycles. The smallest absolute Gasteiger partial charge is 0.256 e. The molecule has 0 bridgehead atoms. The van der Waals surface area contributed by atoms with E-state index >= 15 is 8.78 Å². The number of fused-ring (bicyclic) bond motifs is 3. The Kier molecular flexibility index (Phi) is 8.41. The standard InChI is InChI=1S/C40H45ClF4N8O2/c1-19(2)52-18-47-27-13-25(48-34(32(27)52)49-26-12-24(29(41)31(43)30(26)42)35(54)50-40(7-8-40)36(44)45)21-11-28-33(46-16-21)38(3,4)37(55)53(28)23-14-39(5,15-23)51-9-6-20-10-22(20)17-51/h11-13,16,18-20,22-23,35-36,50,54H,6-10,14-15,17H2,1-5H3,(H,48,49)/t20?,22?,23-,35?,39+. The molecule has 55 heavy (non-hydrogen) atoms. The summed E-state index contributed by atoms with van der Waals surface area (Å²) in [6.45, 7) is 12.2. The number of anilines is 3. The van der Waals surface area contributed by atoms with E-state index < -0.39 is 46.0 Å². The quantitative estimate of drug-likeness (QED) is 0.0844. The lowest BCUT2D eigenvalue weighted by Gasteiger charge is -2.55. The molecule has 292 valence electrons. The molecule has 5 aliphatic rings. The van der Waals surface area contributed by atoms with Gasteiger partial charge in [-0.15, -0.1) is 0 Å².